The van der Waals surface area contributed by atoms with Gasteiger partial charge in [0.05, 0.1) is 43.1 Å². The van der Waals surface area contributed by atoms with Crippen molar-refractivity contribution in [3.05, 3.63) is 87.9 Å². The summed E-state index contributed by atoms with van der Waals surface area (Å²) in [6, 6.07) is 18.4. The van der Waals surface area contributed by atoms with Crippen LogP contribution in [0.2, 0.25) is 0 Å². The van der Waals surface area contributed by atoms with E-state index in [0.29, 0.717) is 28.7 Å². The zero-order valence-electron chi connectivity index (χ0n) is 22.2. The van der Waals surface area contributed by atoms with Crippen molar-refractivity contribution >= 4 is 40.6 Å². The van der Waals surface area contributed by atoms with Crippen LogP contribution >= 0.6 is 23.1 Å². The van der Waals surface area contributed by atoms with Gasteiger partial charge in [0, 0.05) is 19.0 Å². The predicted molar refractivity (Wildman–Crippen MR) is 154 cm³/mol. The SMILES string of the molecule is COc1ccc(C(=O)NCc2nnc(SCC(=O)N3N=C(c4cccs4)C[C@@H]3c3ccc(OC)cc3)n2C)cc1. The lowest BCUT2D eigenvalue weighted by molar-refractivity contribution is -0.130. The largest absolute Gasteiger partial charge is 0.497 e. The number of thiophene rings is 1. The van der Waals surface area contributed by atoms with Crippen molar-refractivity contribution in [1.29, 1.82) is 0 Å². The van der Waals surface area contributed by atoms with Crippen LogP contribution in [0.3, 0.4) is 0 Å². The summed E-state index contributed by atoms with van der Waals surface area (Å²) < 4.78 is 12.2. The van der Waals surface area contributed by atoms with E-state index in [9.17, 15) is 9.59 Å². The Morgan fingerprint density at radius 3 is 2.38 bits per heavy atom. The summed E-state index contributed by atoms with van der Waals surface area (Å²) in [6.45, 7) is 0.197. The molecular formula is C28H28N6O4S2. The van der Waals surface area contributed by atoms with Crippen molar-refractivity contribution in [1.82, 2.24) is 25.1 Å². The van der Waals surface area contributed by atoms with Gasteiger partial charge >= 0.3 is 0 Å². The van der Waals surface area contributed by atoms with Crippen LogP contribution in [0.15, 0.2) is 76.3 Å². The summed E-state index contributed by atoms with van der Waals surface area (Å²) in [7, 11) is 5.01. The summed E-state index contributed by atoms with van der Waals surface area (Å²) >= 11 is 2.89. The summed E-state index contributed by atoms with van der Waals surface area (Å²) in [4.78, 5) is 27.0. The minimum atomic E-state index is -0.229. The van der Waals surface area contributed by atoms with Gasteiger partial charge in [0.25, 0.3) is 11.8 Å². The number of thioether (sulfide) groups is 1. The number of carbonyl (C=O) groups excluding carboxylic acids is 2. The lowest BCUT2D eigenvalue weighted by Crippen LogP contribution is -2.28. The van der Waals surface area contributed by atoms with Crippen LogP contribution < -0.4 is 14.8 Å². The minimum absolute atomic E-state index is 0.130. The molecule has 3 heterocycles. The summed E-state index contributed by atoms with van der Waals surface area (Å²) in [5.74, 6) is 1.79. The molecule has 0 unspecified atom stereocenters. The van der Waals surface area contributed by atoms with Gasteiger partial charge in [-0.05, 0) is 53.4 Å². The van der Waals surface area contributed by atoms with E-state index in [1.54, 1.807) is 59.4 Å². The van der Waals surface area contributed by atoms with Gasteiger partial charge in [0.2, 0.25) is 0 Å². The summed E-state index contributed by atoms with van der Waals surface area (Å²) in [5.41, 5.74) is 2.40. The third-order valence-corrected chi connectivity index (χ3v) is 8.41. The first-order valence-electron chi connectivity index (χ1n) is 12.5. The number of rotatable bonds is 10. The molecule has 1 atom stereocenters. The molecule has 206 valence electrons. The second-order valence-electron chi connectivity index (χ2n) is 8.91. The number of ether oxygens (including phenoxy) is 2. The Morgan fingerprint density at radius 1 is 1.02 bits per heavy atom. The summed E-state index contributed by atoms with van der Waals surface area (Å²) in [6.07, 6.45) is 0.630. The van der Waals surface area contributed by atoms with Gasteiger partial charge in [-0.2, -0.15) is 5.10 Å². The Balaban J connectivity index is 1.23. The highest BCUT2D eigenvalue weighted by molar-refractivity contribution is 7.99. The normalized spacial score (nSPS) is 14.6. The van der Waals surface area contributed by atoms with Gasteiger partial charge in [-0.25, -0.2) is 5.01 Å². The van der Waals surface area contributed by atoms with Crippen molar-refractivity contribution in [2.75, 3.05) is 20.0 Å². The number of amides is 2. The number of aromatic nitrogens is 3. The molecule has 0 radical (unpaired) electrons. The molecule has 4 aromatic rings. The van der Waals surface area contributed by atoms with Crippen LogP contribution in [0.1, 0.15) is 39.1 Å². The third-order valence-electron chi connectivity index (χ3n) is 6.48. The van der Waals surface area contributed by atoms with Crippen LogP contribution in [-0.4, -0.2) is 57.3 Å². The smallest absolute Gasteiger partial charge is 0.253 e. The average Bonchev–Trinajstić information content (AvgIpc) is 3.75. The quantitative estimate of drug-likeness (QED) is 0.280. The molecule has 0 bridgehead atoms. The van der Waals surface area contributed by atoms with Gasteiger partial charge in [-0.1, -0.05) is 30.0 Å². The van der Waals surface area contributed by atoms with E-state index in [-0.39, 0.29) is 30.2 Å². The zero-order valence-corrected chi connectivity index (χ0v) is 23.9. The monoisotopic (exact) mass is 576 g/mol. The van der Waals surface area contributed by atoms with Crippen LogP contribution in [0.4, 0.5) is 0 Å². The second kappa shape index (κ2) is 12.3. The average molecular weight is 577 g/mol. The minimum Gasteiger partial charge on any atom is -0.497 e. The topological polar surface area (TPSA) is 111 Å². The van der Waals surface area contributed by atoms with E-state index >= 15 is 0 Å². The molecule has 1 N–H and O–H groups in total. The number of carbonyl (C=O) groups is 2. The fraction of sp³-hybridized carbons (Fsp3) is 0.250. The first-order valence-corrected chi connectivity index (χ1v) is 14.3. The summed E-state index contributed by atoms with van der Waals surface area (Å²) in [5, 5.41) is 20.2. The van der Waals surface area contributed by atoms with Gasteiger partial charge in [-0.15, -0.1) is 21.5 Å². The van der Waals surface area contributed by atoms with Crippen LogP contribution in [-0.2, 0) is 18.4 Å². The highest BCUT2D eigenvalue weighted by atomic mass is 32.2. The van der Waals surface area contributed by atoms with E-state index in [2.05, 4.69) is 15.5 Å². The molecule has 2 amide bonds. The number of benzene rings is 2. The van der Waals surface area contributed by atoms with Gasteiger partial charge in [0.15, 0.2) is 11.0 Å². The molecule has 40 heavy (non-hydrogen) atoms. The molecule has 2 aromatic carbocycles. The number of nitrogens with one attached hydrogen (secondary N) is 1. The van der Waals surface area contributed by atoms with Crippen molar-refractivity contribution in [3.8, 4) is 11.5 Å². The standard InChI is InChI=1S/C28H28N6O4S2/c1-33-25(16-29-27(36)19-8-12-21(38-3)13-9-19)30-31-28(33)40-17-26(35)34-23(18-6-10-20(37-2)11-7-18)15-22(32-34)24-5-4-14-39-24/h4-14,23H,15-17H2,1-3H3,(H,29,36)/t23-/m1/s1. The fourth-order valence-electron chi connectivity index (χ4n) is 4.24. The second-order valence-corrected chi connectivity index (χ2v) is 10.8. The lowest BCUT2D eigenvalue weighted by atomic mass is 10.0. The predicted octanol–water partition coefficient (Wildman–Crippen LogP) is 4.29. The molecule has 0 saturated heterocycles. The first-order chi connectivity index (χ1) is 19.5. The highest BCUT2D eigenvalue weighted by Gasteiger charge is 2.33. The maximum Gasteiger partial charge on any atom is 0.253 e. The maximum absolute atomic E-state index is 13.4. The zero-order chi connectivity index (χ0) is 28.1. The molecule has 0 saturated carbocycles. The van der Waals surface area contributed by atoms with Crippen molar-refractivity contribution in [3.63, 3.8) is 0 Å². The van der Waals surface area contributed by atoms with Crippen LogP contribution in [0.25, 0.3) is 0 Å². The van der Waals surface area contributed by atoms with Crippen molar-refractivity contribution < 1.29 is 19.1 Å². The maximum atomic E-state index is 13.4. The van der Waals surface area contributed by atoms with E-state index in [0.717, 1.165) is 21.9 Å². The Hall–Kier alpha value is -4.16. The van der Waals surface area contributed by atoms with E-state index in [4.69, 9.17) is 14.6 Å². The fourth-order valence-corrected chi connectivity index (χ4v) is 5.74. The Morgan fingerprint density at radius 2 is 1.73 bits per heavy atom. The number of hydrogen-bond donors (Lipinski definition) is 1. The Bertz CT molecular complexity index is 1500. The van der Waals surface area contributed by atoms with Crippen molar-refractivity contribution in [2.45, 2.75) is 24.2 Å². The number of hydrazone groups is 1. The van der Waals surface area contributed by atoms with Gasteiger partial charge < -0.3 is 19.4 Å². The number of methoxy groups -OCH3 is 2. The lowest BCUT2D eigenvalue weighted by Gasteiger charge is -2.22. The molecule has 2 aromatic heterocycles. The molecule has 0 fully saturated rings. The Kier molecular flexibility index (Phi) is 8.46. The molecule has 1 aliphatic heterocycles. The molecule has 10 nitrogen and oxygen atoms in total. The van der Waals surface area contributed by atoms with Crippen molar-refractivity contribution in [2.24, 2.45) is 12.1 Å². The van der Waals surface area contributed by atoms with Crippen LogP contribution in [0.5, 0.6) is 11.5 Å². The Labute approximate surface area is 240 Å². The molecular weight excluding hydrogens is 548 g/mol. The van der Waals surface area contributed by atoms with E-state index < -0.39 is 0 Å². The molecule has 0 aliphatic carbocycles. The van der Waals surface area contributed by atoms with Crippen LogP contribution in [0, 0.1) is 0 Å². The molecule has 1 aliphatic rings. The molecule has 5 rings (SSSR count). The van der Waals surface area contributed by atoms with Gasteiger partial charge in [-0.3, -0.25) is 9.59 Å². The molecule has 12 heteroatoms. The third kappa shape index (κ3) is 6.02. The number of nitrogens with zero attached hydrogens (tertiary/aromatic N) is 5. The number of hydrogen-bond acceptors (Lipinski definition) is 9. The first kappa shape index (κ1) is 27.4. The highest BCUT2D eigenvalue weighted by Crippen LogP contribution is 2.35. The van der Waals surface area contributed by atoms with E-state index in [1.165, 1.54) is 11.8 Å². The molecule has 0 spiro atoms. The van der Waals surface area contributed by atoms with E-state index in [1.807, 2.05) is 48.8 Å². The van der Waals surface area contributed by atoms with Gasteiger partial charge in [0.1, 0.15) is 11.5 Å².